The molecule has 0 bridgehead atoms. The van der Waals surface area contributed by atoms with E-state index in [2.05, 4.69) is 41.5 Å². The van der Waals surface area contributed by atoms with Gasteiger partial charge in [-0.05, 0) is 37.5 Å². The molecule has 0 aromatic rings. The molecule has 3 N–H and O–H groups in total. The molecule has 0 fully saturated rings. The zero-order valence-corrected chi connectivity index (χ0v) is 57.4. The van der Waals surface area contributed by atoms with Crippen LogP contribution in [0.2, 0.25) is 0 Å². The van der Waals surface area contributed by atoms with Crippen molar-refractivity contribution in [3.05, 3.63) is 0 Å². The third-order valence-corrected chi connectivity index (χ3v) is 18.1. The number of esters is 4. The molecule has 86 heavy (non-hydrogen) atoms. The van der Waals surface area contributed by atoms with Crippen molar-refractivity contribution in [2.45, 2.75) is 355 Å². The van der Waals surface area contributed by atoms with E-state index in [-0.39, 0.29) is 25.7 Å². The second kappa shape index (κ2) is 59.4. The van der Waals surface area contributed by atoms with E-state index in [4.69, 9.17) is 37.0 Å². The number of rotatable bonds is 66. The molecule has 7 atom stereocenters. The second-order valence-electron chi connectivity index (χ2n) is 24.7. The lowest BCUT2D eigenvalue weighted by Gasteiger charge is -2.21. The van der Waals surface area contributed by atoms with Gasteiger partial charge in [-0.3, -0.25) is 37.3 Å². The molecular weight excluding hydrogens is 1140 g/mol. The van der Waals surface area contributed by atoms with Gasteiger partial charge in [0.1, 0.15) is 19.3 Å². The summed E-state index contributed by atoms with van der Waals surface area (Å²) in [5.41, 5.74) is 0. The lowest BCUT2D eigenvalue weighted by Crippen LogP contribution is -2.30. The Hall–Kier alpha value is -1.94. The van der Waals surface area contributed by atoms with Crippen LogP contribution in [0.1, 0.15) is 337 Å². The van der Waals surface area contributed by atoms with Crippen molar-refractivity contribution < 1.29 is 80.2 Å². The van der Waals surface area contributed by atoms with Gasteiger partial charge in [0.25, 0.3) is 0 Å². The standard InChI is InChI=1S/C67H130O17P2/c1-7-11-13-15-17-24-33-39-45-51-66(71)83-62(55-77-64(69)49-43-37-29-16-14-12-8-2)57-81-85(73,74)79-53-61(68)54-80-86(75,76)82-58-63(56-78-65(70)50-44-38-32-28-27-31-36-42-48-60(6)10-4)84-67(72)52-46-40-34-26-23-21-19-18-20-22-25-30-35-41-47-59(5)9-3/h59-63,68H,7-58H2,1-6H3,(H,73,74)(H,75,76)/t59?,60?,61-,62+,63+/m0/s1. The molecule has 19 heteroatoms. The van der Waals surface area contributed by atoms with Crippen LogP contribution in [0.3, 0.4) is 0 Å². The Morgan fingerprint density at radius 2 is 0.558 bits per heavy atom. The Bertz CT molecular complexity index is 1690. The number of carbonyl (C=O) groups is 4. The smallest absolute Gasteiger partial charge is 0.462 e. The molecule has 0 aromatic heterocycles. The largest absolute Gasteiger partial charge is 0.472 e. The van der Waals surface area contributed by atoms with Crippen LogP contribution in [-0.2, 0) is 65.4 Å². The maximum absolute atomic E-state index is 13.0. The third kappa shape index (κ3) is 58.4. The van der Waals surface area contributed by atoms with E-state index >= 15 is 0 Å². The fourth-order valence-corrected chi connectivity index (χ4v) is 11.6. The summed E-state index contributed by atoms with van der Waals surface area (Å²) in [4.78, 5) is 72.2. The number of aliphatic hydroxyl groups is 1. The first-order valence-corrected chi connectivity index (χ1v) is 38.1. The summed E-state index contributed by atoms with van der Waals surface area (Å²) in [5, 5.41) is 10.5. The van der Waals surface area contributed by atoms with Crippen molar-refractivity contribution in [3.63, 3.8) is 0 Å². The van der Waals surface area contributed by atoms with Crippen LogP contribution >= 0.6 is 15.6 Å². The lowest BCUT2D eigenvalue weighted by molar-refractivity contribution is -0.161. The predicted molar refractivity (Wildman–Crippen MR) is 345 cm³/mol. The van der Waals surface area contributed by atoms with Gasteiger partial charge >= 0.3 is 39.5 Å². The summed E-state index contributed by atoms with van der Waals surface area (Å²) in [6.07, 6.45) is 43.1. The number of ether oxygens (including phenoxy) is 4. The molecule has 0 aromatic carbocycles. The van der Waals surface area contributed by atoms with Crippen LogP contribution < -0.4 is 0 Å². The summed E-state index contributed by atoms with van der Waals surface area (Å²) >= 11 is 0. The molecule has 0 aliphatic carbocycles. The normalized spacial score (nSPS) is 14.8. The summed E-state index contributed by atoms with van der Waals surface area (Å²) in [7, 11) is -9.89. The fraction of sp³-hybridized carbons (Fsp3) is 0.940. The fourth-order valence-electron chi connectivity index (χ4n) is 10.00. The molecule has 510 valence electrons. The maximum atomic E-state index is 13.0. The van der Waals surface area contributed by atoms with Gasteiger partial charge in [0, 0.05) is 25.7 Å². The minimum absolute atomic E-state index is 0.105. The van der Waals surface area contributed by atoms with Crippen LogP contribution in [-0.4, -0.2) is 96.7 Å². The van der Waals surface area contributed by atoms with E-state index in [0.29, 0.717) is 25.7 Å². The van der Waals surface area contributed by atoms with Crippen LogP contribution in [0.15, 0.2) is 0 Å². The minimum Gasteiger partial charge on any atom is -0.462 e. The van der Waals surface area contributed by atoms with E-state index in [0.717, 1.165) is 115 Å². The highest BCUT2D eigenvalue weighted by Gasteiger charge is 2.30. The lowest BCUT2D eigenvalue weighted by atomic mass is 9.99. The SMILES string of the molecule is CCCCCCCCCCCC(=O)O[C@H](COC(=O)CCCCCCCCC)COP(=O)(O)OC[C@H](O)COP(=O)(O)OC[C@@H](COC(=O)CCCCCCCCCCC(C)CC)OC(=O)CCCCCCCCCCCCCCCCC(C)CC. The predicted octanol–water partition coefficient (Wildman–Crippen LogP) is 18.8. The zero-order chi connectivity index (χ0) is 63.6. The van der Waals surface area contributed by atoms with E-state index in [1.54, 1.807) is 0 Å². The summed E-state index contributed by atoms with van der Waals surface area (Å²) in [6, 6.07) is 0. The number of hydrogen-bond acceptors (Lipinski definition) is 15. The molecule has 17 nitrogen and oxygen atoms in total. The van der Waals surface area contributed by atoms with Gasteiger partial charge in [-0.25, -0.2) is 9.13 Å². The van der Waals surface area contributed by atoms with Crippen molar-refractivity contribution in [2.24, 2.45) is 11.8 Å². The average Bonchev–Trinajstić information content (AvgIpc) is 3.57. The van der Waals surface area contributed by atoms with Gasteiger partial charge in [0.2, 0.25) is 0 Å². The first-order chi connectivity index (χ1) is 41.4. The number of carbonyl (C=O) groups excluding carboxylic acids is 4. The summed E-state index contributed by atoms with van der Waals surface area (Å²) in [5.74, 6) is -0.511. The third-order valence-electron chi connectivity index (χ3n) is 16.2. The first-order valence-electron chi connectivity index (χ1n) is 35.1. The van der Waals surface area contributed by atoms with E-state index in [1.807, 2.05) is 0 Å². The van der Waals surface area contributed by atoms with Crippen molar-refractivity contribution in [3.8, 4) is 0 Å². The van der Waals surface area contributed by atoms with Gasteiger partial charge in [-0.2, -0.15) is 0 Å². The zero-order valence-electron chi connectivity index (χ0n) is 55.6. The van der Waals surface area contributed by atoms with Crippen LogP contribution in [0.4, 0.5) is 0 Å². The molecule has 0 aliphatic rings. The Balaban J connectivity index is 5.19. The van der Waals surface area contributed by atoms with Gasteiger partial charge in [0.15, 0.2) is 12.2 Å². The highest BCUT2D eigenvalue weighted by atomic mass is 31.2. The Morgan fingerprint density at radius 3 is 0.826 bits per heavy atom. The number of aliphatic hydroxyl groups excluding tert-OH is 1. The van der Waals surface area contributed by atoms with Crippen LogP contribution in [0, 0.1) is 11.8 Å². The van der Waals surface area contributed by atoms with Crippen LogP contribution in [0.25, 0.3) is 0 Å². The van der Waals surface area contributed by atoms with Crippen LogP contribution in [0.5, 0.6) is 0 Å². The van der Waals surface area contributed by atoms with Crippen molar-refractivity contribution in [1.82, 2.24) is 0 Å². The number of phosphoric acid groups is 2. The molecule has 4 unspecified atom stereocenters. The molecule has 0 saturated heterocycles. The first kappa shape index (κ1) is 84.1. The van der Waals surface area contributed by atoms with E-state index in [1.165, 1.54) is 141 Å². The summed E-state index contributed by atoms with van der Waals surface area (Å²) < 4.78 is 68.0. The Morgan fingerprint density at radius 1 is 0.326 bits per heavy atom. The highest BCUT2D eigenvalue weighted by molar-refractivity contribution is 7.47. The molecule has 0 rings (SSSR count). The van der Waals surface area contributed by atoms with E-state index in [9.17, 15) is 43.2 Å². The highest BCUT2D eigenvalue weighted by Crippen LogP contribution is 2.45. The average molecular weight is 1270 g/mol. The second-order valence-corrected chi connectivity index (χ2v) is 27.6. The Labute approximate surface area is 524 Å². The number of hydrogen-bond donors (Lipinski definition) is 3. The Kier molecular flexibility index (Phi) is 58.0. The van der Waals surface area contributed by atoms with Gasteiger partial charge in [-0.15, -0.1) is 0 Å². The van der Waals surface area contributed by atoms with Gasteiger partial charge in [0.05, 0.1) is 26.4 Å². The molecule has 0 radical (unpaired) electrons. The van der Waals surface area contributed by atoms with E-state index < -0.39 is 97.5 Å². The van der Waals surface area contributed by atoms with Crippen molar-refractivity contribution in [1.29, 1.82) is 0 Å². The van der Waals surface area contributed by atoms with Gasteiger partial charge < -0.3 is 33.8 Å². The number of unbranched alkanes of at least 4 members (excludes halogenated alkanes) is 34. The topological polar surface area (TPSA) is 237 Å². The monoisotopic (exact) mass is 1270 g/mol. The molecule has 0 spiro atoms. The molecule has 0 amide bonds. The summed E-state index contributed by atoms with van der Waals surface area (Å²) in [6.45, 7) is 9.52. The quantitative estimate of drug-likeness (QED) is 0.0222. The number of phosphoric ester groups is 2. The van der Waals surface area contributed by atoms with Crippen molar-refractivity contribution >= 4 is 39.5 Å². The molecule has 0 heterocycles. The minimum atomic E-state index is -4.95. The molecule has 0 saturated carbocycles. The molecular formula is C67H130O17P2. The maximum Gasteiger partial charge on any atom is 0.472 e. The van der Waals surface area contributed by atoms with Crippen molar-refractivity contribution in [2.75, 3.05) is 39.6 Å². The molecule has 0 aliphatic heterocycles. The van der Waals surface area contributed by atoms with Gasteiger partial charge in [-0.1, -0.05) is 286 Å².